The highest BCUT2D eigenvalue weighted by atomic mass is 35.5. The predicted octanol–water partition coefficient (Wildman–Crippen LogP) is 6.86. The molecule has 0 bridgehead atoms. The minimum atomic E-state index is -0.189. The first-order valence-electron chi connectivity index (χ1n) is 10.2. The number of hydrogen-bond donors (Lipinski definition) is 1. The van der Waals surface area contributed by atoms with Gasteiger partial charge in [0.15, 0.2) is 16.7 Å². The highest BCUT2D eigenvalue weighted by molar-refractivity contribution is 8.18. The van der Waals surface area contributed by atoms with Crippen LogP contribution < -0.4 is 14.8 Å². The van der Waals surface area contributed by atoms with Gasteiger partial charge in [-0.2, -0.15) is 0 Å². The molecule has 3 aromatic carbocycles. The molecule has 1 amide bonds. The van der Waals surface area contributed by atoms with Gasteiger partial charge in [0, 0.05) is 15.6 Å². The maximum absolute atomic E-state index is 12.4. The Hall–Kier alpha value is -2.93. The maximum atomic E-state index is 12.4. The number of para-hydroxylation sites is 1. The number of rotatable bonds is 7. The summed E-state index contributed by atoms with van der Waals surface area (Å²) in [5, 5.41) is 4.46. The number of carbonyl (C=O) groups is 1. The Morgan fingerprint density at radius 2 is 1.82 bits per heavy atom. The molecule has 8 heteroatoms. The van der Waals surface area contributed by atoms with Gasteiger partial charge in [-0.3, -0.25) is 4.79 Å². The van der Waals surface area contributed by atoms with Crippen LogP contribution in [0.15, 0.2) is 76.6 Å². The number of aliphatic imine (C=N–C) groups is 1. The molecule has 0 saturated carbocycles. The Kier molecular flexibility index (Phi) is 7.60. The van der Waals surface area contributed by atoms with E-state index in [4.69, 9.17) is 32.7 Å². The topological polar surface area (TPSA) is 59.9 Å². The molecular formula is C25H20Cl2N2O3S. The first-order valence-corrected chi connectivity index (χ1v) is 11.8. The van der Waals surface area contributed by atoms with Crippen LogP contribution in [0, 0.1) is 0 Å². The summed E-state index contributed by atoms with van der Waals surface area (Å²) in [7, 11) is 0. The molecule has 0 aromatic heterocycles. The lowest BCUT2D eigenvalue weighted by molar-refractivity contribution is -0.115. The van der Waals surface area contributed by atoms with Gasteiger partial charge in [-0.15, -0.1) is 0 Å². The van der Waals surface area contributed by atoms with E-state index in [1.165, 1.54) is 11.8 Å². The molecule has 33 heavy (non-hydrogen) atoms. The van der Waals surface area contributed by atoms with Gasteiger partial charge in [0.1, 0.15) is 6.61 Å². The van der Waals surface area contributed by atoms with E-state index in [1.807, 2.05) is 61.5 Å². The number of carbonyl (C=O) groups excluding carboxylic acids is 1. The van der Waals surface area contributed by atoms with Crippen molar-refractivity contribution in [3.05, 3.63) is 92.8 Å². The number of benzene rings is 3. The van der Waals surface area contributed by atoms with E-state index in [0.717, 1.165) is 16.8 Å². The van der Waals surface area contributed by atoms with Crippen LogP contribution in [0.4, 0.5) is 5.69 Å². The highest BCUT2D eigenvalue weighted by Crippen LogP contribution is 2.33. The van der Waals surface area contributed by atoms with Crippen molar-refractivity contribution in [2.45, 2.75) is 13.5 Å². The lowest BCUT2D eigenvalue weighted by Crippen LogP contribution is -2.19. The van der Waals surface area contributed by atoms with Crippen LogP contribution in [0.5, 0.6) is 11.5 Å². The van der Waals surface area contributed by atoms with Crippen molar-refractivity contribution in [2.75, 3.05) is 6.61 Å². The number of halogens is 2. The molecule has 168 valence electrons. The van der Waals surface area contributed by atoms with Gasteiger partial charge in [-0.25, -0.2) is 4.99 Å². The minimum absolute atomic E-state index is 0.189. The van der Waals surface area contributed by atoms with Gasteiger partial charge in [0.05, 0.1) is 17.2 Å². The zero-order valence-corrected chi connectivity index (χ0v) is 20.0. The fraction of sp³-hybridized carbons (Fsp3) is 0.120. The average Bonchev–Trinajstić information content (AvgIpc) is 3.13. The van der Waals surface area contributed by atoms with Crippen molar-refractivity contribution in [3.8, 4) is 11.5 Å². The Balaban J connectivity index is 1.51. The number of thioether (sulfide) groups is 1. The fourth-order valence-corrected chi connectivity index (χ4v) is 4.35. The maximum Gasteiger partial charge on any atom is 0.264 e. The highest BCUT2D eigenvalue weighted by Gasteiger charge is 2.24. The van der Waals surface area contributed by atoms with Crippen LogP contribution in [0.1, 0.15) is 18.1 Å². The van der Waals surface area contributed by atoms with E-state index >= 15 is 0 Å². The summed E-state index contributed by atoms with van der Waals surface area (Å²) >= 11 is 13.5. The molecule has 0 spiro atoms. The molecule has 1 aliphatic heterocycles. The normalized spacial score (nSPS) is 15.7. The third-order valence-electron chi connectivity index (χ3n) is 4.60. The number of hydrogen-bond acceptors (Lipinski definition) is 5. The molecule has 0 aliphatic carbocycles. The Morgan fingerprint density at radius 3 is 2.58 bits per heavy atom. The smallest absolute Gasteiger partial charge is 0.264 e. The number of nitrogens with zero attached hydrogens (tertiary/aromatic N) is 1. The van der Waals surface area contributed by atoms with Crippen molar-refractivity contribution in [1.29, 1.82) is 0 Å². The van der Waals surface area contributed by atoms with E-state index in [2.05, 4.69) is 10.3 Å². The molecule has 1 saturated heterocycles. The second-order valence-corrected chi connectivity index (χ2v) is 8.86. The van der Waals surface area contributed by atoms with E-state index in [-0.39, 0.29) is 12.5 Å². The molecule has 0 atom stereocenters. The molecule has 1 aliphatic rings. The van der Waals surface area contributed by atoms with E-state index in [1.54, 1.807) is 18.2 Å². The lowest BCUT2D eigenvalue weighted by atomic mass is 10.2. The average molecular weight is 499 g/mol. The van der Waals surface area contributed by atoms with Crippen LogP contribution in [0.3, 0.4) is 0 Å². The van der Waals surface area contributed by atoms with Crippen molar-refractivity contribution >= 4 is 57.8 Å². The van der Waals surface area contributed by atoms with Crippen molar-refractivity contribution in [3.63, 3.8) is 0 Å². The first-order chi connectivity index (χ1) is 16.0. The Labute approximate surface area is 206 Å². The molecule has 0 unspecified atom stereocenters. The standard InChI is InChI=1S/C25H20Cl2N2O3S/c1-2-31-22-12-16(8-11-21(22)32-15-17-9-10-18(26)14-20(17)27)13-23-24(30)29-25(33-23)28-19-6-4-3-5-7-19/h3-14H,2,15H2,1H3,(H,28,29,30). The largest absolute Gasteiger partial charge is 0.490 e. The predicted molar refractivity (Wildman–Crippen MR) is 136 cm³/mol. The Bertz CT molecular complexity index is 1230. The molecule has 3 aromatic rings. The van der Waals surface area contributed by atoms with Crippen molar-refractivity contribution in [2.24, 2.45) is 4.99 Å². The van der Waals surface area contributed by atoms with Gasteiger partial charge in [-0.1, -0.05) is 53.5 Å². The summed E-state index contributed by atoms with van der Waals surface area (Å²) in [5.74, 6) is 0.976. The summed E-state index contributed by atoms with van der Waals surface area (Å²) in [6, 6.07) is 20.3. The molecule has 0 radical (unpaired) electrons. The van der Waals surface area contributed by atoms with Crippen molar-refractivity contribution in [1.82, 2.24) is 5.32 Å². The van der Waals surface area contributed by atoms with E-state index in [0.29, 0.717) is 38.2 Å². The number of nitrogens with one attached hydrogen (secondary N) is 1. The molecule has 1 heterocycles. The van der Waals surface area contributed by atoms with Gasteiger partial charge >= 0.3 is 0 Å². The van der Waals surface area contributed by atoms with Gasteiger partial charge < -0.3 is 14.8 Å². The van der Waals surface area contributed by atoms with E-state index < -0.39 is 0 Å². The van der Waals surface area contributed by atoms with Gasteiger partial charge in [0.2, 0.25) is 0 Å². The second kappa shape index (κ2) is 10.8. The van der Waals surface area contributed by atoms with Gasteiger partial charge in [0.25, 0.3) is 5.91 Å². The SMILES string of the molecule is CCOc1cc(C=C2SC(=Nc3ccccc3)NC2=O)ccc1OCc1ccc(Cl)cc1Cl. The van der Waals surface area contributed by atoms with Crippen molar-refractivity contribution < 1.29 is 14.3 Å². The summed E-state index contributed by atoms with van der Waals surface area (Å²) in [5.41, 5.74) is 2.41. The zero-order valence-electron chi connectivity index (χ0n) is 17.7. The summed E-state index contributed by atoms with van der Waals surface area (Å²) in [6.45, 7) is 2.65. The lowest BCUT2D eigenvalue weighted by Gasteiger charge is -2.13. The van der Waals surface area contributed by atoms with Crippen LogP contribution >= 0.6 is 35.0 Å². The summed E-state index contributed by atoms with van der Waals surface area (Å²) < 4.78 is 11.7. The molecular weight excluding hydrogens is 479 g/mol. The third-order valence-corrected chi connectivity index (χ3v) is 6.10. The minimum Gasteiger partial charge on any atom is -0.490 e. The quantitative estimate of drug-likeness (QED) is 0.361. The number of amidine groups is 1. The van der Waals surface area contributed by atoms with Crippen LogP contribution in [-0.4, -0.2) is 17.7 Å². The van der Waals surface area contributed by atoms with Crippen LogP contribution in [0.25, 0.3) is 6.08 Å². The van der Waals surface area contributed by atoms with Crippen LogP contribution in [-0.2, 0) is 11.4 Å². The second-order valence-electron chi connectivity index (χ2n) is 6.98. The van der Waals surface area contributed by atoms with Gasteiger partial charge in [-0.05, 0) is 66.7 Å². The Morgan fingerprint density at radius 1 is 1.00 bits per heavy atom. The van der Waals surface area contributed by atoms with E-state index in [9.17, 15) is 4.79 Å². The number of amides is 1. The molecule has 1 fully saturated rings. The fourth-order valence-electron chi connectivity index (χ4n) is 3.05. The molecule has 1 N–H and O–H groups in total. The summed E-state index contributed by atoms with van der Waals surface area (Å²) in [6.07, 6.45) is 1.80. The molecule has 5 nitrogen and oxygen atoms in total. The number of ether oxygens (including phenoxy) is 2. The molecule has 4 rings (SSSR count). The zero-order chi connectivity index (χ0) is 23.2. The first kappa shape index (κ1) is 23.2. The monoisotopic (exact) mass is 498 g/mol. The summed E-state index contributed by atoms with van der Waals surface area (Å²) in [4.78, 5) is 17.4. The third kappa shape index (κ3) is 6.11. The van der Waals surface area contributed by atoms with Crippen LogP contribution in [0.2, 0.25) is 10.0 Å².